The minimum absolute atomic E-state index is 0.117. The number of phenols is 1. The molecule has 8 nitrogen and oxygen atoms in total. The number of aromatic hydroxyl groups is 1. The molecule has 0 saturated carbocycles. The van der Waals surface area contributed by atoms with E-state index in [1.807, 2.05) is 6.07 Å². The fourth-order valence-electron chi connectivity index (χ4n) is 7.58. The van der Waals surface area contributed by atoms with Crippen molar-refractivity contribution in [3.05, 3.63) is 46.7 Å². The van der Waals surface area contributed by atoms with Crippen molar-refractivity contribution in [1.82, 2.24) is 25.2 Å². The van der Waals surface area contributed by atoms with Crippen LogP contribution in [0.5, 0.6) is 11.8 Å². The Hall–Kier alpha value is -3.08. The van der Waals surface area contributed by atoms with Crippen molar-refractivity contribution >= 4 is 38.3 Å². The van der Waals surface area contributed by atoms with Crippen LogP contribution in [0.3, 0.4) is 0 Å². The van der Waals surface area contributed by atoms with E-state index in [0.717, 1.165) is 47.4 Å². The Morgan fingerprint density at radius 2 is 1.88 bits per heavy atom. The van der Waals surface area contributed by atoms with E-state index < -0.39 is 0 Å². The Morgan fingerprint density at radius 3 is 2.67 bits per heavy atom. The van der Waals surface area contributed by atoms with Crippen LogP contribution in [0.4, 0.5) is 10.2 Å². The maximum Gasteiger partial charge on any atom is 0.319 e. The second-order valence-electron chi connectivity index (χ2n) is 12.0. The summed E-state index contributed by atoms with van der Waals surface area (Å²) in [6.45, 7) is 4.69. The first kappa shape index (κ1) is 24.7. The second kappa shape index (κ2) is 9.49. The van der Waals surface area contributed by atoms with Crippen molar-refractivity contribution in [2.45, 2.75) is 62.6 Å². The third kappa shape index (κ3) is 4.19. The summed E-state index contributed by atoms with van der Waals surface area (Å²) in [6, 6.07) is 9.52. The first-order valence-corrected chi connectivity index (χ1v) is 15.3. The summed E-state index contributed by atoms with van der Waals surface area (Å²) in [6.07, 6.45) is 7.53. The fraction of sp³-hybridized carbons (Fsp3) is 0.500. The normalized spacial score (nSPS) is 23.9. The van der Waals surface area contributed by atoms with Gasteiger partial charge in [0.25, 0.3) is 0 Å². The predicted octanol–water partition coefficient (Wildman–Crippen LogP) is 4.62. The number of phenolic OH excluding ortho intramolecular Hbond substituents is 1. The molecule has 1 unspecified atom stereocenters. The summed E-state index contributed by atoms with van der Waals surface area (Å²) in [5.74, 6) is 0.655. The molecular weight excluding hydrogens is 527 g/mol. The molecule has 0 spiro atoms. The van der Waals surface area contributed by atoms with E-state index in [4.69, 9.17) is 19.7 Å². The summed E-state index contributed by atoms with van der Waals surface area (Å²) in [7, 11) is 0. The number of hydrogen-bond donors (Lipinski definition) is 2. The lowest BCUT2D eigenvalue weighted by Crippen LogP contribution is -2.51. The SMILES string of the molecule is Oc1cc(Cc2nc3c(N4CC5CC[C@@H](C4)N5)nc(OCC45CCCN4CCC5)nc3s2)c2c(F)cccc2c1. The zero-order valence-electron chi connectivity index (χ0n) is 22.4. The number of nitrogens with one attached hydrogen (secondary N) is 1. The molecule has 0 aliphatic carbocycles. The molecule has 2 N–H and O–H groups in total. The molecule has 2 bridgehead atoms. The van der Waals surface area contributed by atoms with Gasteiger partial charge in [0.05, 0.1) is 5.54 Å². The number of rotatable bonds is 6. The van der Waals surface area contributed by atoms with Gasteiger partial charge in [-0.2, -0.15) is 9.97 Å². The number of ether oxygens (including phenoxy) is 1. The predicted molar refractivity (Wildman–Crippen MR) is 154 cm³/mol. The molecule has 2 atom stereocenters. The highest BCUT2D eigenvalue weighted by Gasteiger charge is 2.45. The largest absolute Gasteiger partial charge is 0.508 e. The fourth-order valence-corrected chi connectivity index (χ4v) is 8.52. The van der Waals surface area contributed by atoms with Gasteiger partial charge in [-0.3, -0.25) is 4.90 Å². The molecule has 10 heteroatoms. The van der Waals surface area contributed by atoms with Crippen LogP contribution >= 0.6 is 11.3 Å². The van der Waals surface area contributed by atoms with Gasteiger partial charge in [0, 0.05) is 37.0 Å². The molecule has 40 heavy (non-hydrogen) atoms. The van der Waals surface area contributed by atoms with Crippen molar-refractivity contribution in [2.24, 2.45) is 0 Å². The monoisotopic (exact) mass is 560 g/mol. The molecule has 4 aliphatic rings. The first-order chi connectivity index (χ1) is 19.5. The van der Waals surface area contributed by atoms with E-state index in [1.54, 1.807) is 18.2 Å². The van der Waals surface area contributed by atoms with E-state index in [-0.39, 0.29) is 17.1 Å². The van der Waals surface area contributed by atoms with Gasteiger partial charge in [-0.25, -0.2) is 9.37 Å². The third-order valence-corrected chi connectivity index (χ3v) is 10.3. The van der Waals surface area contributed by atoms with E-state index in [9.17, 15) is 9.50 Å². The lowest BCUT2D eigenvalue weighted by Gasteiger charge is -2.34. The summed E-state index contributed by atoms with van der Waals surface area (Å²) in [5.41, 5.74) is 1.60. The summed E-state index contributed by atoms with van der Waals surface area (Å²) in [5, 5.41) is 16.1. The van der Waals surface area contributed by atoms with Crippen molar-refractivity contribution < 1.29 is 14.2 Å². The number of aromatic nitrogens is 3. The molecule has 2 aromatic carbocycles. The van der Waals surface area contributed by atoms with Gasteiger partial charge in [-0.05, 0) is 80.8 Å². The molecule has 208 valence electrons. The molecule has 4 fully saturated rings. The Labute approximate surface area is 236 Å². The lowest BCUT2D eigenvalue weighted by atomic mass is 9.95. The Morgan fingerprint density at radius 1 is 1.07 bits per heavy atom. The molecule has 4 aromatic rings. The number of benzene rings is 2. The van der Waals surface area contributed by atoms with Gasteiger partial charge in [0.15, 0.2) is 10.6 Å². The minimum Gasteiger partial charge on any atom is -0.508 e. The smallest absolute Gasteiger partial charge is 0.319 e. The molecule has 4 aliphatic heterocycles. The van der Waals surface area contributed by atoms with Crippen LogP contribution in [0, 0.1) is 5.82 Å². The van der Waals surface area contributed by atoms with Crippen molar-refractivity contribution in [2.75, 3.05) is 37.7 Å². The van der Waals surface area contributed by atoms with Gasteiger partial charge in [0.1, 0.15) is 28.7 Å². The zero-order chi connectivity index (χ0) is 26.8. The van der Waals surface area contributed by atoms with E-state index >= 15 is 0 Å². The number of fused-ring (bicyclic) bond motifs is 5. The van der Waals surface area contributed by atoms with Gasteiger partial charge in [0.2, 0.25) is 0 Å². The molecule has 2 aromatic heterocycles. The van der Waals surface area contributed by atoms with Crippen molar-refractivity contribution in [1.29, 1.82) is 0 Å². The Bertz CT molecular complexity index is 1590. The highest BCUT2D eigenvalue weighted by atomic mass is 32.1. The lowest BCUT2D eigenvalue weighted by molar-refractivity contribution is 0.108. The van der Waals surface area contributed by atoms with Crippen molar-refractivity contribution in [3.8, 4) is 11.8 Å². The van der Waals surface area contributed by atoms with Gasteiger partial charge < -0.3 is 20.1 Å². The molecule has 6 heterocycles. The summed E-state index contributed by atoms with van der Waals surface area (Å²) < 4.78 is 21.3. The van der Waals surface area contributed by atoms with Crippen LogP contribution in [0.15, 0.2) is 30.3 Å². The van der Waals surface area contributed by atoms with Crippen LogP contribution in [0.1, 0.15) is 49.1 Å². The highest BCUT2D eigenvalue weighted by Crippen LogP contribution is 2.40. The quantitative estimate of drug-likeness (QED) is 0.353. The average molecular weight is 561 g/mol. The summed E-state index contributed by atoms with van der Waals surface area (Å²) >= 11 is 1.50. The maximum atomic E-state index is 14.9. The standard InChI is InChI=1S/C30H33FN6O2S/c31-23-5-1-4-18-12-22(38)13-19(25(18)23)14-24-33-26-27(36-15-20-6-7-21(16-36)32-20)34-29(35-28(26)40-24)39-17-30-8-2-10-37(30)11-3-9-30/h1,4-5,12-13,20-21,32,38H,2-3,6-11,14-17H2/t20-,21?/m0/s1. The number of halogens is 1. The molecule has 4 saturated heterocycles. The number of piperazine rings is 1. The van der Waals surface area contributed by atoms with Gasteiger partial charge >= 0.3 is 6.01 Å². The average Bonchev–Trinajstić information content (AvgIpc) is 3.69. The number of thiazole rings is 1. The van der Waals surface area contributed by atoms with Crippen LogP contribution in [-0.4, -0.2) is 75.4 Å². The molecular formula is C30H33FN6O2S. The Kier molecular flexibility index (Phi) is 5.86. The number of nitrogens with zero attached hydrogens (tertiary/aromatic N) is 5. The maximum absolute atomic E-state index is 14.9. The van der Waals surface area contributed by atoms with Gasteiger partial charge in [-0.15, -0.1) is 0 Å². The van der Waals surface area contributed by atoms with Gasteiger partial charge in [-0.1, -0.05) is 23.5 Å². The molecule has 0 radical (unpaired) electrons. The molecule has 8 rings (SSSR count). The number of hydrogen-bond acceptors (Lipinski definition) is 9. The highest BCUT2D eigenvalue weighted by molar-refractivity contribution is 7.18. The van der Waals surface area contributed by atoms with E-state index in [1.165, 1.54) is 55.9 Å². The van der Waals surface area contributed by atoms with Crippen molar-refractivity contribution in [3.63, 3.8) is 0 Å². The second-order valence-corrected chi connectivity index (χ2v) is 13.0. The van der Waals surface area contributed by atoms with E-state index in [0.29, 0.717) is 47.5 Å². The number of anilines is 1. The minimum atomic E-state index is -0.298. The van der Waals surface area contributed by atoms with Crippen LogP contribution < -0.4 is 15.0 Å². The Balaban J connectivity index is 1.17. The third-order valence-electron chi connectivity index (χ3n) is 9.40. The molecule has 0 amide bonds. The zero-order valence-corrected chi connectivity index (χ0v) is 23.2. The summed E-state index contributed by atoms with van der Waals surface area (Å²) in [4.78, 5) is 20.6. The first-order valence-electron chi connectivity index (χ1n) is 14.5. The van der Waals surface area contributed by atoms with Crippen LogP contribution in [0.25, 0.3) is 21.1 Å². The van der Waals surface area contributed by atoms with Crippen LogP contribution in [-0.2, 0) is 6.42 Å². The topological polar surface area (TPSA) is 86.6 Å². The van der Waals surface area contributed by atoms with Crippen LogP contribution in [0.2, 0.25) is 0 Å². The van der Waals surface area contributed by atoms with E-state index in [2.05, 4.69) is 15.1 Å².